The van der Waals surface area contributed by atoms with Crippen LogP contribution in [0.25, 0.3) is 33.5 Å². The average molecular weight is 307 g/mol. The second-order valence-corrected chi connectivity index (χ2v) is 5.33. The maximum Gasteiger partial charge on any atom is 0.337 e. The Hall–Kier alpha value is -3.08. The number of aromatic nitrogens is 1. The lowest BCUT2D eigenvalue weighted by Crippen LogP contribution is -1.98. The summed E-state index contributed by atoms with van der Waals surface area (Å²) < 4.78 is 16.2. The first-order chi connectivity index (χ1) is 11.1. The van der Waals surface area contributed by atoms with Crippen LogP contribution in [0.5, 0.6) is 5.75 Å². The number of hydrogen-bond acceptors (Lipinski definition) is 5. The van der Waals surface area contributed by atoms with Gasteiger partial charge in [0.05, 0.1) is 12.7 Å². The average Bonchev–Trinajstić information content (AvgIpc) is 2.96. The van der Waals surface area contributed by atoms with Crippen molar-refractivity contribution in [3.05, 3.63) is 58.4 Å². The highest BCUT2D eigenvalue weighted by Crippen LogP contribution is 2.31. The van der Waals surface area contributed by atoms with E-state index in [1.165, 1.54) is 6.07 Å². The molecule has 0 amide bonds. The van der Waals surface area contributed by atoms with Crippen molar-refractivity contribution in [3.63, 3.8) is 0 Å². The van der Waals surface area contributed by atoms with Crippen LogP contribution in [0.3, 0.4) is 0 Å². The number of hydrogen-bond donors (Lipinski definition) is 0. The van der Waals surface area contributed by atoms with Crippen LogP contribution >= 0.6 is 0 Å². The molecule has 0 aliphatic heterocycles. The largest absolute Gasteiger partial charge is 0.497 e. The molecular weight excluding hydrogens is 294 g/mol. The van der Waals surface area contributed by atoms with Gasteiger partial charge in [-0.25, -0.2) is 9.78 Å². The molecule has 114 valence electrons. The van der Waals surface area contributed by atoms with E-state index in [1.54, 1.807) is 19.2 Å². The highest BCUT2D eigenvalue weighted by atomic mass is 16.5. The smallest absolute Gasteiger partial charge is 0.337 e. The van der Waals surface area contributed by atoms with Crippen LogP contribution in [-0.4, -0.2) is 12.1 Å². The Morgan fingerprint density at radius 1 is 1.00 bits per heavy atom. The van der Waals surface area contributed by atoms with Gasteiger partial charge < -0.3 is 13.6 Å². The number of nitrogens with zero attached hydrogens (tertiary/aromatic N) is 1. The summed E-state index contributed by atoms with van der Waals surface area (Å²) in [4.78, 5) is 16.4. The summed E-state index contributed by atoms with van der Waals surface area (Å²) in [6.07, 6.45) is 0. The second kappa shape index (κ2) is 4.98. The van der Waals surface area contributed by atoms with Crippen LogP contribution in [0.4, 0.5) is 0 Å². The third kappa shape index (κ3) is 2.26. The third-order valence-electron chi connectivity index (χ3n) is 3.73. The molecule has 5 heteroatoms. The molecule has 0 saturated carbocycles. The number of aryl methyl sites for hydroxylation is 1. The van der Waals surface area contributed by atoms with Crippen LogP contribution in [0.15, 0.2) is 56.1 Å². The first kappa shape index (κ1) is 13.6. The topological polar surface area (TPSA) is 65.5 Å². The van der Waals surface area contributed by atoms with Gasteiger partial charge in [-0.1, -0.05) is 6.07 Å². The Bertz CT molecular complexity index is 1090. The van der Waals surface area contributed by atoms with Crippen molar-refractivity contribution < 1.29 is 13.6 Å². The molecule has 5 nitrogen and oxygen atoms in total. The van der Waals surface area contributed by atoms with E-state index in [9.17, 15) is 4.79 Å². The second-order valence-electron chi connectivity index (χ2n) is 5.33. The Morgan fingerprint density at radius 2 is 1.87 bits per heavy atom. The third-order valence-corrected chi connectivity index (χ3v) is 3.73. The van der Waals surface area contributed by atoms with Crippen molar-refractivity contribution >= 4 is 22.1 Å². The standard InChI is InChI=1S/C18H13NO4/c1-10-3-6-15-14(7-10)19-18(23-15)13-9-17(20)22-16-8-11(21-2)4-5-12(13)16/h3-9H,1-2H3. The minimum atomic E-state index is -0.459. The zero-order valence-corrected chi connectivity index (χ0v) is 12.6. The van der Waals surface area contributed by atoms with Crippen LogP contribution in [-0.2, 0) is 0 Å². The lowest BCUT2D eigenvalue weighted by molar-refractivity contribution is 0.414. The fraction of sp³-hybridized carbons (Fsp3) is 0.111. The number of benzene rings is 2. The van der Waals surface area contributed by atoms with Crippen LogP contribution < -0.4 is 10.4 Å². The van der Waals surface area contributed by atoms with E-state index in [1.807, 2.05) is 31.2 Å². The fourth-order valence-corrected chi connectivity index (χ4v) is 2.60. The monoisotopic (exact) mass is 307 g/mol. The maximum absolute atomic E-state index is 11.9. The molecule has 0 fully saturated rings. The van der Waals surface area contributed by atoms with Gasteiger partial charge in [-0.15, -0.1) is 0 Å². The molecule has 0 atom stereocenters. The summed E-state index contributed by atoms with van der Waals surface area (Å²) in [5, 5.41) is 0.744. The van der Waals surface area contributed by atoms with E-state index >= 15 is 0 Å². The molecule has 0 N–H and O–H groups in total. The molecule has 23 heavy (non-hydrogen) atoms. The molecule has 2 heterocycles. The van der Waals surface area contributed by atoms with Crippen molar-refractivity contribution in [2.75, 3.05) is 7.11 Å². The Morgan fingerprint density at radius 3 is 2.70 bits per heavy atom. The molecule has 2 aromatic heterocycles. The van der Waals surface area contributed by atoms with Gasteiger partial charge in [-0.05, 0) is 36.8 Å². The van der Waals surface area contributed by atoms with E-state index in [0.717, 1.165) is 16.5 Å². The predicted octanol–water partition coefficient (Wildman–Crippen LogP) is 3.92. The summed E-state index contributed by atoms with van der Waals surface area (Å²) in [5.41, 5.74) is 3.12. The summed E-state index contributed by atoms with van der Waals surface area (Å²) in [7, 11) is 1.56. The first-order valence-electron chi connectivity index (χ1n) is 7.13. The quantitative estimate of drug-likeness (QED) is 0.525. The molecule has 0 spiro atoms. The van der Waals surface area contributed by atoms with Gasteiger partial charge in [0, 0.05) is 17.5 Å². The maximum atomic E-state index is 11.9. The molecule has 4 aromatic rings. The Balaban J connectivity index is 2.01. The van der Waals surface area contributed by atoms with E-state index in [2.05, 4.69) is 4.98 Å². The van der Waals surface area contributed by atoms with Crippen molar-refractivity contribution in [3.8, 4) is 17.2 Å². The van der Waals surface area contributed by atoms with Crippen molar-refractivity contribution in [1.29, 1.82) is 0 Å². The zero-order chi connectivity index (χ0) is 16.0. The SMILES string of the molecule is COc1ccc2c(-c3nc4cc(C)ccc4o3)cc(=O)oc2c1. The Kier molecular flexibility index (Phi) is 2.94. The molecule has 0 radical (unpaired) electrons. The van der Waals surface area contributed by atoms with Crippen molar-refractivity contribution in [2.24, 2.45) is 0 Å². The van der Waals surface area contributed by atoms with Gasteiger partial charge in [0.15, 0.2) is 5.58 Å². The molecular formula is C18H13NO4. The number of fused-ring (bicyclic) bond motifs is 2. The lowest BCUT2D eigenvalue weighted by atomic mass is 10.1. The number of methoxy groups -OCH3 is 1. The van der Waals surface area contributed by atoms with Gasteiger partial charge in [0.2, 0.25) is 5.89 Å². The van der Waals surface area contributed by atoms with E-state index in [0.29, 0.717) is 28.4 Å². The minimum absolute atomic E-state index is 0.397. The Labute approximate surface area is 131 Å². The number of oxazole rings is 1. The summed E-state index contributed by atoms with van der Waals surface area (Å²) in [6, 6.07) is 12.5. The summed E-state index contributed by atoms with van der Waals surface area (Å²) in [6.45, 7) is 1.99. The lowest BCUT2D eigenvalue weighted by Gasteiger charge is -2.04. The van der Waals surface area contributed by atoms with Gasteiger partial charge >= 0.3 is 5.63 Å². The summed E-state index contributed by atoms with van der Waals surface area (Å²) >= 11 is 0. The van der Waals surface area contributed by atoms with Gasteiger partial charge in [0.1, 0.15) is 16.8 Å². The number of rotatable bonds is 2. The highest BCUT2D eigenvalue weighted by molar-refractivity contribution is 5.92. The predicted molar refractivity (Wildman–Crippen MR) is 86.8 cm³/mol. The minimum Gasteiger partial charge on any atom is -0.497 e. The van der Waals surface area contributed by atoms with Gasteiger partial charge in [-0.3, -0.25) is 0 Å². The molecule has 0 bridgehead atoms. The van der Waals surface area contributed by atoms with Gasteiger partial charge in [-0.2, -0.15) is 0 Å². The molecule has 4 rings (SSSR count). The zero-order valence-electron chi connectivity index (χ0n) is 12.6. The van der Waals surface area contributed by atoms with E-state index in [4.69, 9.17) is 13.6 Å². The molecule has 2 aromatic carbocycles. The van der Waals surface area contributed by atoms with Crippen LogP contribution in [0.1, 0.15) is 5.56 Å². The van der Waals surface area contributed by atoms with Crippen LogP contribution in [0.2, 0.25) is 0 Å². The van der Waals surface area contributed by atoms with Gasteiger partial charge in [0.25, 0.3) is 0 Å². The fourth-order valence-electron chi connectivity index (χ4n) is 2.60. The summed E-state index contributed by atoms with van der Waals surface area (Å²) in [5.74, 6) is 1.01. The molecule has 0 saturated heterocycles. The number of ether oxygens (including phenoxy) is 1. The van der Waals surface area contributed by atoms with Crippen molar-refractivity contribution in [2.45, 2.75) is 6.92 Å². The molecule has 0 aliphatic carbocycles. The van der Waals surface area contributed by atoms with Crippen molar-refractivity contribution in [1.82, 2.24) is 4.98 Å². The highest BCUT2D eigenvalue weighted by Gasteiger charge is 2.14. The van der Waals surface area contributed by atoms with Crippen LogP contribution in [0, 0.1) is 6.92 Å². The molecule has 0 unspecified atom stereocenters. The normalized spacial score (nSPS) is 11.2. The first-order valence-corrected chi connectivity index (χ1v) is 7.13. The molecule has 0 aliphatic rings. The van der Waals surface area contributed by atoms with E-state index < -0.39 is 5.63 Å². The van der Waals surface area contributed by atoms with E-state index in [-0.39, 0.29) is 0 Å².